The molecule has 0 bridgehead atoms. The second-order valence-corrected chi connectivity index (χ2v) is 13.1. The Balaban J connectivity index is 1.90. The number of carbonyl (C=O) groups excluding carboxylic acids is 2. The van der Waals surface area contributed by atoms with Crippen molar-refractivity contribution in [1.29, 1.82) is 0 Å². The summed E-state index contributed by atoms with van der Waals surface area (Å²) in [6.07, 6.45) is 1.59. The van der Waals surface area contributed by atoms with Crippen LogP contribution in [0.4, 0.5) is 10.1 Å². The van der Waals surface area contributed by atoms with E-state index < -0.39 is 27.4 Å². The molecule has 42 heavy (non-hydrogen) atoms. The Hall–Kier alpha value is -3.92. The minimum Gasteiger partial charge on any atom is -0.497 e. The second kappa shape index (κ2) is 14.3. The predicted octanol–water partition coefficient (Wildman–Crippen LogP) is 4.94. The van der Waals surface area contributed by atoms with Crippen LogP contribution in [0.1, 0.15) is 44.7 Å². The molecule has 0 unspecified atom stereocenters. The molecule has 0 saturated carbocycles. The van der Waals surface area contributed by atoms with Crippen LogP contribution < -0.4 is 14.4 Å². The summed E-state index contributed by atoms with van der Waals surface area (Å²) in [5.41, 5.74) is 1.44. The van der Waals surface area contributed by atoms with E-state index in [2.05, 4.69) is 5.32 Å². The van der Waals surface area contributed by atoms with Crippen LogP contribution >= 0.6 is 0 Å². The van der Waals surface area contributed by atoms with Crippen molar-refractivity contribution in [2.45, 2.75) is 58.2 Å². The lowest BCUT2D eigenvalue weighted by atomic mass is 10.00. The minimum absolute atomic E-state index is 0.00866. The van der Waals surface area contributed by atoms with Gasteiger partial charge >= 0.3 is 0 Å². The highest BCUT2D eigenvalue weighted by Gasteiger charge is 2.32. The summed E-state index contributed by atoms with van der Waals surface area (Å²) in [6, 6.07) is 21.1. The molecule has 8 nitrogen and oxygen atoms in total. The maximum Gasteiger partial charge on any atom is 0.243 e. The summed E-state index contributed by atoms with van der Waals surface area (Å²) in [5, 5.41) is 3.00. The van der Waals surface area contributed by atoms with Crippen molar-refractivity contribution >= 4 is 27.5 Å². The lowest BCUT2D eigenvalue weighted by Crippen LogP contribution is -2.54. The zero-order valence-electron chi connectivity index (χ0n) is 24.8. The van der Waals surface area contributed by atoms with Crippen molar-refractivity contribution in [2.75, 3.05) is 24.2 Å². The van der Waals surface area contributed by atoms with Crippen LogP contribution in [0.5, 0.6) is 5.75 Å². The van der Waals surface area contributed by atoms with Crippen molar-refractivity contribution in [1.82, 2.24) is 10.2 Å². The van der Waals surface area contributed by atoms with Gasteiger partial charge in [0.2, 0.25) is 21.8 Å². The number of nitrogens with zero attached hydrogens (tertiary/aromatic N) is 2. The SMILES string of the molecule is COc1cccc(N(CCCC(=O)N(Cc2ccc(F)cc2)[C@H](Cc2ccccc2)C(=O)NC(C)(C)C)S(C)(=O)=O)c1. The number of halogens is 1. The number of benzene rings is 3. The first-order valence-corrected chi connectivity index (χ1v) is 15.6. The molecular formula is C32H40FN3O5S. The van der Waals surface area contributed by atoms with Crippen LogP contribution in [-0.4, -0.2) is 56.6 Å². The van der Waals surface area contributed by atoms with Crippen molar-refractivity contribution in [3.05, 3.63) is 95.8 Å². The smallest absolute Gasteiger partial charge is 0.243 e. The molecule has 0 saturated heterocycles. The molecule has 2 amide bonds. The highest BCUT2D eigenvalue weighted by atomic mass is 32.2. The Bertz CT molecular complexity index is 1440. The fourth-order valence-electron chi connectivity index (χ4n) is 4.56. The normalized spacial score (nSPS) is 12.3. The fourth-order valence-corrected chi connectivity index (χ4v) is 5.52. The fraction of sp³-hybridized carbons (Fsp3) is 0.375. The number of nitrogens with one attached hydrogen (secondary N) is 1. The molecule has 0 aliphatic heterocycles. The van der Waals surface area contributed by atoms with Crippen LogP contribution in [-0.2, 0) is 32.6 Å². The molecule has 3 aromatic carbocycles. The third-order valence-electron chi connectivity index (χ3n) is 6.53. The van der Waals surface area contributed by atoms with E-state index >= 15 is 0 Å². The Morgan fingerprint density at radius 3 is 2.21 bits per heavy atom. The first kappa shape index (κ1) is 32.6. The first-order valence-electron chi connectivity index (χ1n) is 13.8. The van der Waals surface area contributed by atoms with E-state index in [1.165, 1.54) is 28.4 Å². The molecule has 0 radical (unpaired) electrons. The van der Waals surface area contributed by atoms with Crippen molar-refractivity contribution < 1.29 is 27.1 Å². The highest BCUT2D eigenvalue weighted by Crippen LogP contribution is 2.24. The van der Waals surface area contributed by atoms with Crippen LogP contribution in [0.2, 0.25) is 0 Å². The van der Waals surface area contributed by atoms with Gasteiger partial charge in [-0.25, -0.2) is 12.8 Å². The van der Waals surface area contributed by atoms with E-state index in [-0.39, 0.29) is 44.2 Å². The number of sulfonamides is 1. The van der Waals surface area contributed by atoms with E-state index in [4.69, 9.17) is 4.74 Å². The molecule has 1 atom stereocenters. The van der Waals surface area contributed by atoms with E-state index in [0.29, 0.717) is 17.0 Å². The van der Waals surface area contributed by atoms with Gasteiger partial charge in [-0.3, -0.25) is 13.9 Å². The standard InChI is InChI=1S/C32H40FN3O5S/c1-32(2,3)34-31(38)29(21-24-11-7-6-8-12-24)35(23-25-16-18-26(33)19-17-25)30(37)15-10-20-36(42(5,39)40)27-13-9-14-28(22-27)41-4/h6-9,11-14,16-19,22,29H,10,15,20-21,23H2,1-5H3,(H,34,38)/t29-/m1/s1. The summed E-state index contributed by atoms with van der Waals surface area (Å²) in [6.45, 7) is 5.75. The van der Waals surface area contributed by atoms with Crippen LogP contribution in [0, 0.1) is 5.82 Å². The second-order valence-electron chi connectivity index (χ2n) is 11.2. The van der Waals surface area contributed by atoms with Crippen molar-refractivity contribution in [3.63, 3.8) is 0 Å². The molecule has 10 heteroatoms. The molecule has 0 aliphatic carbocycles. The number of methoxy groups -OCH3 is 1. The first-order chi connectivity index (χ1) is 19.8. The average Bonchev–Trinajstić information content (AvgIpc) is 2.92. The third kappa shape index (κ3) is 9.87. The monoisotopic (exact) mass is 597 g/mol. The number of carbonyl (C=O) groups is 2. The van der Waals surface area contributed by atoms with Gasteiger partial charge in [-0.2, -0.15) is 0 Å². The van der Waals surface area contributed by atoms with Gasteiger partial charge in [-0.1, -0.05) is 48.5 Å². The number of ether oxygens (including phenoxy) is 1. The number of rotatable bonds is 13. The summed E-state index contributed by atoms with van der Waals surface area (Å²) < 4.78 is 45.4. The van der Waals surface area contributed by atoms with Gasteiger partial charge < -0.3 is 15.0 Å². The van der Waals surface area contributed by atoms with Gasteiger partial charge in [-0.05, 0) is 62.6 Å². The lowest BCUT2D eigenvalue weighted by Gasteiger charge is -2.34. The molecule has 3 aromatic rings. The van der Waals surface area contributed by atoms with Gasteiger partial charge in [0.15, 0.2) is 0 Å². The van der Waals surface area contributed by atoms with Crippen LogP contribution in [0.3, 0.4) is 0 Å². The molecule has 0 aromatic heterocycles. The molecule has 0 heterocycles. The molecule has 3 rings (SSSR count). The summed E-state index contributed by atoms with van der Waals surface area (Å²) in [7, 11) is -2.15. The Kier molecular flexibility index (Phi) is 11.1. The number of anilines is 1. The Morgan fingerprint density at radius 2 is 1.62 bits per heavy atom. The zero-order valence-corrected chi connectivity index (χ0v) is 25.7. The number of hydrogen-bond acceptors (Lipinski definition) is 5. The molecular weight excluding hydrogens is 557 g/mol. The topological polar surface area (TPSA) is 96.0 Å². The molecule has 0 spiro atoms. The quantitative estimate of drug-likeness (QED) is 0.301. The summed E-state index contributed by atoms with van der Waals surface area (Å²) in [5.74, 6) is -0.517. The largest absolute Gasteiger partial charge is 0.497 e. The molecule has 0 fully saturated rings. The van der Waals surface area contributed by atoms with Gasteiger partial charge in [-0.15, -0.1) is 0 Å². The van der Waals surface area contributed by atoms with E-state index in [9.17, 15) is 22.4 Å². The van der Waals surface area contributed by atoms with E-state index in [0.717, 1.165) is 11.8 Å². The third-order valence-corrected chi connectivity index (χ3v) is 7.72. The molecule has 1 N–H and O–H groups in total. The minimum atomic E-state index is -3.65. The van der Waals surface area contributed by atoms with Gasteiger partial charge in [0, 0.05) is 37.5 Å². The van der Waals surface area contributed by atoms with E-state index in [1.54, 1.807) is 36.4 Å². The highest BCUT2D eigenvalue weighted by molar-refractivity contribution is 7.92. The van der Waals surface area contributed by atoms with Crippen LogP contribution in [0.15, 0.2) is 78.9 Å². The van der Waals surface area contributed by atoms with Crippen LogP contribution in [0.25, 0.3) is 0 Å². The Morgan fingerprint density at radius 1 is 0.952 bits per heavy atom. The zero-order chi connectivity index (χ0) is 30.9. The predicted molar refractivity (Wildman–Crippen MR) is 163 cm³/mol. The summed E-state index contributed by atoms with van der Waals surface area (Å²) >= 11 is 0. The maximum absolute atomic E-state index is 13.9. The van der Waals surface area contributed by atoms with Gasteiger partial charge in [0.1, 0.15) is 17.6 Å². The molecule has 0 aliphatic rings. The molecule has 226 valence electrons. The van der Waals surface area contributed by atoms with Crippen molar-refractivity contribution in [3.8, 4) is 5.75 Å². The Labute approximate surface area is 248 Å². The summed E-state index contributed by atoms with van der Waals surface area (Å²) in [4.78, 5) is 29.0. The number of amides is 2. The maximum atomic E-state index is 13.9. The van der Waals surface area contributed by atoms with Crippen molar-refractivity contribution in [2.24, 2.45) is 0 Å². The average molecular weight is 598 g/mol. The lowest BCUT2D eigenvalue weighted by molar-refractivity contribution is -0.142. The van der Waals surface area contributed by atoms with Gasteiger partial charge in [0.25, 0.3) is 0 Å². The van der Waals surface area contributed by atoms with Gasteiger partial charge in [0.05, 0.1) is 19.1 Å². The number of hydrogen-bond donors (Lipinski definition) is 1. The van der Waals surface area contributed by atoms with E-state index in [1.807, 2.05) is 51.1 Å².